The number of aryl methyl sites for hydroxylation is 2. The molecule has 1 aromatic rings. The molecule has 2 N–H and O–H groups in total. The van der Waals surface area contributed by atoms with E-state index in [2.05, 4.69) is 5.10 Å². The van der Waals surface area contributed by atoms with Gasteiger partial charge in [0.1, 0.15) is 5.69 Å². The van der Waals surface area contributed by atoms with Crippen LogP contribution in [0.4, 0.5) is 0 Å². The molecule has 88 valence electrons. The monoisotopic (exact) mass is 240 g/mol. The molecule has 0 atom stereocenters. The van der Waals surface area contributed by atoms with Crippen molar-refractivity contribution in [1.29, 1.82) is 0 Å². The summed E-state index contributed by atoms with van der Waals surface area (Å²) in [6.45, 7) is 4.74. The second-order valence-corrected chi connectivity index (χ2v) is 4.14. The smallest absolute Gasteiger partial charge is 0.272 e. The first-order chi connectivity index (χ1) is 7.45. The van der Waals surface area contributed by atoms with Crippen LogP contribution in [-0.4, -0.2) is 39.2 Å². The number of amides is 1. The van der Waals surface area contributed by atoms with Gasteiger partial charge in [0.2, 0.25) is 0 Å². The number of aromatic nitrogens is 2. The van der Waals surface area contributed by atoms with Gasteiger partial charge in [0.25, 0.3) is 5.91 Å². The maximum absolute atomic E-state index is 12.0. The van der Waals surface area contributed by atoms with Gasteiger partial charge in [-0.3, -0.25) is 9.48 Å². The molecule has 1 rings (SSSR count). The molecule has 1 amide bonds. The lowest BCUT2D eigenvalue weighted by Gasteiger charge is -2.16. The summed E-state index contributed by atoms with van der Waals surface area (Å²) in [5.74, 6) is -0.116. The molecule has 0 saturated heterocycles. The van der Waals surface area contributed by atoms with E-state index < -0.39 is 0 Å². The summed E-state index contributed by atoms with van der Waals surface area (Å²) in [5, 5.41) is 4.22. The molecule has 0 radical (unpaired) electrons. The van der Waals surface area contributed by atoms with Gasteiger partial charge in [-0.05, 0) is 19.9 Å². The molecule has 6 heteroatoms. The van der Waals surface area contributed by atoms with Crippen molar-refractivity contribution in [3.63, 3.8) is 0 Å². The molecule has 1 aromatic heterocycles. The Labute approximate surface area is 100 Å². The van der Waals surface area contributed by atoms with Crippen molar-refractivity contribution < 1.29 is 4.79 Å². The van der Waals surface area contributed by atoms with Crippen LogP contribution in [0.15, 0.2) is 6.07 Å². The fraction of sp³-hybridized carbons (Fsp3) is 0.500. The van der Waals surface area contributed by atoms with Crippen LogP contribution in [0.5, 0.6) is 0 Å². The van der Waals surface area contributed by atoms with Crippen LogP contribution in [0.25, 0.3) is 0 Å². The Morgan fingerprint density at radius 1 is 1.69 bits per heavy atom. The second-order valence-electron chi connectivity index (χ2n) is 3.61. The van der Waals surface area contributed by atoms with Gasteiger partial charge in [0.05, 0.1) is 17.2 Å². The van der Waals surface area contributed by atoms with Gasteiger partial charge >= 0.3 is 0 Å². The second kappa shape index (κ2) is 5.07. The van der Waals surface area contributed by atoms with Crippen LogP contribution in [0.1, 0.15) is 23.1 Å². The highest BCUT2D eigenvalue weighted by atomic mass is 32.1. The van der Waals surface area contributed by atoms with E-state index >= 15 is 0 Å². The van der Waals surface area contributed by atoms with Gasteiger partial charge < -0.3 is 10.6 Å². The Hall–Kier alpha value is -1.43. The fourth-order valence-corrected chi connectivity index (χ4v) is 1.65. The number of carbonyl (C=O) groups is 1. The van der Waals surface area contributed by atoms with E-state index in [9.17, 15) is 4.79 Å². The summed E-state index contributed by atoms with van der Waals surface area (Å²) >= 11 is 4.77. The summed E-state index contributed by atoms with van der Waals surface area (Å²) in [7, 11) is 1.67. The molecular weight excluding hydrogens is 224 g/mol. The Bertz CT molecular complexity index is 413. The molecule has 0 aliphatic rings. The van der Waals surface area contributed by atoms with Crippen LogP contribution in [0.2, 0.25) is 0 Å². The lowest BCUT2D eigenvalue weighted by molar-refractivity contribution is 0.0803. The Morgan fingerprint density at radius 2 is 2.31 bits per heavy atom. The van der Waals surface area contributed by atoms with Crippen molar-refractivity contribution in [3.05, 3.63) is 17.5 Å². The summed E-state index contributed by atoms with van der Waals surface area (Å²) in [6.07, 6.45) is 0. The number of hydrogen-bond donors (Lipinski definition) is 1. The summed E-state index contributed by atoms with van der Waals surface area (Å²) in [4.78, 5) is 13.8. The zero-order valence-corrected chi connectivity index (χ0v) is 10.5. The highest BCUT2D eigenvalue weighted by Crippen LogP contribution is 2.06. The third-order valence-electron chi connectivity index (χ3n) is 2.16. The van der Waals surface area contributed by atoms with Gasteiger partial charge in [-0.2, -0.15) is 5.10 Å². The van der Waals surface area contributed by atoms with Crippen LogP contribution in [0, 0.1) is 6.92 Å². The van der Waals surface area contributed by atoms with Crippen LogP contribution in [-0.2, 0) is 6.54 Å². The van der Waals surface area contributed by atoms with E-state index in [1.807, 2.05) is 13.8 Å². The van der Waals surface area contributed by atoms with Crippen molar-refractivity contribution in [2.45, 2.75) is 20.4 Å². The lowest BCUT2D eigenvalue weighted by Crippen LogP contribution is -2.35. The maximum Gasteiger partial charge on any atom is 0.272 e. The number of nitrogens with zero attached hydrogens (tertiary/aromatic N) is 3. The van der Waals surface area contributed by atoms with Crippen LogP contribution < -0.4 is 5.73 Å². The number of carbonyl (C=O) groups excluding carboxylic acids is 1. The third-order valence-corrected chi connectivity index (χ3v) is 2.29. The summed E-state index contributed by atoms with van der Waals surface area (Å²) in [6, 6.07) is 1.77. The molecule has 0 aliphatic heterocycles. The SMILES string of the molecule is CCn1nc(C)cc1C(=O)N(C)CC(N)=S. The molecule has 0 aliphatic carbocycles. The molecule has 0 aromatic carbocycles. The Kier molecular flexibility index (Phi) is 4.00. The number of hydrogen-bond acceptors (Lipinski definition) is 3. The highest BCUT2D eigenvalue weighted by Gasteiger charge is 2.17. The first-order valence-electron chi connectivity index (χ1n) is 5.04. The topological polar surface area (TPSA) is 64.2 Å². The average molecular weight is 240 g/mol. The first-order valence-corrected chi connectivity index (χ1v) is 5.44. The van der Waals surface area contributed by atoms with Gasteiger partial charge in [0, 0.05) is 13.6 Å². The minimum Gasteiger partial charge on any atom is -0.392 e. The molecule has 0 unspecified atom stereocenters. The number of rotatable bonds is 4. The molecule has 0 saturated carbocycles. The van der Waals surface area contributed by atoms with Crippen molar-refractivity contribution in [2.24, 2.45) is 5.73 Å². The van der Waals surface area contributed by atoms with Crippen molar-refractivity contribution in [1.82, 2.24) is 14.7 Å². The standard InChI is InChI=1S/C10H16N4OS/c1-4-14-8(5-7(2)12-14)10(15)13(3)6-9(11)16/h5H,4,6H2,1-3H3,(H2,11,16). The van der Waals surface area contributed by atoms with E-state index in [0.29, 0.717) is 17.2 Å². The molecule has 0 spiro atoms. The van der Waals surface area contributed by atoms with Gasteiger partial charge in [-0.15, -0.1) is 0 Å². The lowest BCUT2D eigenvalue weighted by atomic mass is 10.3. The predicted molar refractivity (Wildman–Crippen MR) is 66.4 cm³/mol. The third kappa shape index (κ3) is 2.79. The quantitative estimate of drug-likeness (QED) is 0.781. The molecule has 1 heterocycles. The zero-order chi connectivity index (χ0) is 12.3. The number of likely N-dealkylation sites (N-methyl/N-ethyl adjacent to an activating group) is 1. The van der Waals surface area contributed by atoms with E-state index in [-0.39, 0.29) is 12.5 Å². The van der Waals surface area contributed by atoms with E-state index in [1.165, 1.54) is 4.90 Å². The average Bonchev–Trinajstić information content (AvgIpc) is 2.57. The largest absolute Gasteiger partial charge is 0.392 e. The first kappa shape index (κ1) is 12.6. The van der Waals surface area contributed by atoms with Crippen LogP contribution in [0.3, 0.4) is 0 Å². The molecule has 5 nitrogen and oxygen atoms in total. The predicted octanol–water partition coefficient (Wildman–Crippen LogP) is 0.570. The zero-order valence-electron chi connectivity index (χ0n) is 9.73. The van der Waals surface area contributed by atoms with Crippen molar-refractivity contribution in [3.8, 4) is 0 Å². The normalized spacial score (nSPS) is 10.2. The van der Waals surface area contributed by atoms with Gasteiger partial charge in [-0.1, -0.05) is 12.2 Å². The van der Waals surface area contributed by atoms with Crippen molar-refractivity contribution in [2.75, 3.05) is 13.6 Å². The minimum absolute atomic E-state index is 0.116. The van der Waals surface area contributed by atoms with Crippen molar-refractivity contribution >= 4 is 23.1 Å². The summed E-state index contributed by atoms with van der Waals surface area (Å²) < 4.78 is 1.67. The highest BCUT2D eigenvalue weighted by molar-refractivity contribution is 7.80. The van der Waals surface area contributed by atoms with Gasteiger partial charge in [-0.25, -0.2) is 0 Å². The number of thiocarbonyl (C=S) groups is 1. The Morgan fingerprint density at radius 3 is 2.81 bits per heavy atom. The molecule has 0 bridgehead atoms. The van der Waals surface area contributed by atoms with Gasteiger partial charge in [0.15, 0.2) is 0 Å². The van der Waals surface area contributed by atoms with E-state index in [0.717, 1.165) is 5.69 Å². The molecule has 16 heavy (non-hydrogen) atoms. The maximum atomic E-state index is 12.0. The van der Waals surface area contributed by atoms with E-state index in [4.69, 9.17) is 18.0 Å². The Balaban J connectivity index is 2.90. The van der Waals surface area contributed by atoms with E-state index in [1.54, 1.807) is 17.8 Å². The number of nitrogens with two attached hydrogens (primary N) is 1. The summed E-state index contributed by atoms with van der Waals surface area (Å²) in [5.41, 5.74) is 6.80. The fourth-order valence-electron chi connectivity index (χ4n) is 1.46. The molecular formula is C10H16N4OS. The molecule has 0 fully saturated rings. The van der Waals surface area contributed by atoms with Crippen LogP contribution >= 0.6 is 12.2 Å². The minimum atomic E-state index is -0.116.